The Hall–Kier alpha value is -0.480. The van der Waals surface area contributed by atoms with E-state index in [9.17, 15) is 4.79 Å². The van der Waals surface area contributed by atoms with Crippen LogP contribution in [0.5, 0.6) is 0 Å². The fourth-order valence-electron chi connectivity index (χ4n) is 1.32. The van der Waals surface area contributed by atoms with E-state index in [1.807, 2.05) is 24.3 Å². The van der Waals surface area contributed by atoms with E-state index in [0.29, 0.717) is 5.75 Å². The van der Waals surface area contributed by atoms with Crippen molar-refractivity contribution in [2.75, 3.05) is 5.75 Å². The molecule has 1 fully saturated rings. The van der Waals surface area contributed by atoms with Crippen molar-refractivity contribution in [1.82, 2.24) is 0 Å². The fraction of sp³-hybridized carbons (Fsp3) is 0.364. The van der Waals surface area contributed by atoms with Gasteiger partial charge in [0.25, 0.3) is 0 Å². The third-order valence-electron chi connectivity index (χ3n) is 2.64. The van der Waals surface area contributed by atoms with Gasteiger partial charge in [0.05, 0.1) is 5.41 Å². The van der Waals surface area contributed by atoms with Crippen molar-refractivity contribution in [2.24, 2.45) is 5.41 Å². The maximum absolute atomic E-state index is 10.9. The first-order chi connectivity index (χ1) is 7.12. The van der Waals surface area contributed by atoms with E-state index >= 15 is 0 Å². The van der Waals surface area contributed by atoms with Crippen molar-refractivity contribution in [3.05, 3.63) is 28.7 Å². The predicted molar refractivity (Wildman–Crippen MR) is 64.2 cm³/mol. The molecule has 0 atom stereocenters. The Morgan fingerprint density at radius 2 is 2.00 bits per heavy atom. The smallest absolute Gasteiger partial charge is 0.310 e. The van der Waals surface area contributed by atoms with Crippen LogP contribution in [-0.4, -0.2) is 16.8 Å². The van der Waals surface area contributed by atoms with E-state index in [1.165, 1.54) is 0 Å². The van der Waals surface area contributed by atoms with Crippen molar-refractivity contribution in [3.8, 4) is 0 Å². The Kier molecular flexibility index (Phi) is 3.07. The van der Waals surface area contributed by atoms with Crippen LogP contribution in [0.3, 0.4) is 0 Å². The zero-order valence-corrected chi connectivity index (χ0v) is 10.5. The molecule has 0 radical (unpaired) electrons. The minimum Gasteiger partial charge on any atom is -0.481 e. The number of aliphatic carboxylic acids is 1. The highest BCUT2D eigenvalue weighted by Gasteiger charge is 2.49. The van der Waals surface area contributed by atoms with Gasteiger partial charge in [0.2, 0.25) is 0 Å². The van der Waals surface area contributed by atoms with E-state index < -0.39 is 11.4 Å². The third kappa shape index (κ3) is 2.55. The quantitative estimate of drug-likeness (QED) is 0.862. The van der Waals surface area contributed by atoms with Crippen LogP contribution in [0.25, 0.3) is 0 Å². The van der Waals surface area contributed by atoms with Crippen molar-refractivity contribution in [1.29, 1.82) is 0 Å². The van der Waals surface area contributed by atoms with Gasteiger partial charge in [-0.1, -0.05) is 15.9 Å². The summed E-state index contributed by atoms with van der Waals surface area (Å²) >= 11 is 4.99. The molecule has 1 saturated carbocycles. The van der Waals surface area contributed by atoms with Crippen LogP contribution in [0.2, 0.25) is 0 Å². The molecule has 0 spiro atoms. The number of halogens is 1. The van der Waals surface area contributed by atoms with Crippen molar-refractivity contribution >= 4 is 33.7 Å². The highest BCUT2D eigenvalue weighted by atomic mass is 79.9. The summed E-state index contributed by atoms with van der Waals surface area (Å²) < 4.78 is 1.05. The lowest BCUT2D eigenvalue weighted by atomic mass is 10.1. The van der Waals surface area contributed by atoms with Gasteiger partial charge in [0.15, 0.2) is 0 Å². The summed E-state index contributed by atoms with van der Waals surface area (Å²) in [6, 6.07) is 7.96. The number of benzene rings is 1. The Morgan fingerprint density at radius 3 is 2.47 bits per heavy atom. The standard InChI is InChI=1S/C11H11BrO2S/c12-8-1-3-9(4-2-8)15-7-11(5-6-11)10(13)14/h1-4H,5-7H2,(H,13,14). The average Bonchev–Trinajstić information content (AvgIpc) is 2.98. The fourth-order valence-corrected chi connectivity index (χ4v) is 2.77. The van der Waals surface area contributed by atoms with Gasteiger partial charge in [0.1, 0.15) is 0 Å². The largest absolute Gasteiger partial charge is 0.481 e. The molecule has 1 N–H and O–H groups in total. The van der Waals surface area contributed by atoms with Crippen LogP contribution < -0.4 is 0 Å². The second-order valence-corrected chi connectivity index (χ2v) is 5.79. The van der Waals surface area contributed by atoms with Gasteiger partial charge in [-0.2, -0.15) is 0 Å². The normalized spacial score (nSPS) is 17.4. The summed E-state index contributed by atoms with van der Waals surface area (Å²) in [5, 5.41) is 9.01. The van der Waals surface area contributed by atoms with E-state index in [1.54, 1.807) is 11.8 Å². The minimum absolute atomic E-state index is 0.433. The summed E-state index contributed by atoms with van der Waals surface area (Å²) in [5.41, 5.74) is -0.433. The first-order valence-electron chi connectivity index (χ1n) is 4.74. The Bertz CT molecular complexity index is 371. The molecule has 0 heterocycles. The molecule has 0 bridgehead atoms. The summed E-state index contributed by atoms with van der Waals surface area (Å²) in [5.74, 6) is 0.0383. The van der Waals surface area contributed by atoms with Gasteiger partial charge >= 0.3 is 5.97 Å². The first kappa shape index (κ1) is 11.0. The van der Waals surface area contributed by atoms with E-state index in [4.69, 9.17) is 5.11 Å². The van der Waals surface area contributed by atoms with Crippen LogP contribution in [0.4, 0.5) is 0 Å². The number of carboxylic acid groups (broad SMARTS) is 1. The molecule has 0 saturated heterocycles. The van der Waals surface area contributed by atoms with Crippen LogP contribution in [0.1, 0.15) is 12.8 Å². The zero-order chi connectivity index (χ0) is 10.9. The first-order valence-corrected chi connectivity index (χ1v) is 6.52. The highest BCUT2D eigenvalue weighted by molar-refractivity contribution is 9.10. The molecular formula is C11H11BrO2S. The number of thioether (sulfide) groups is 1. The zero-order valence-electron chi connectivity index (χ0n) is 8.07. The van der Waals surface area contributed by atoms with Crippen LogP contribution in [0, 0.1) is 5.41 Å². The van der Waals surface area contributed by atoms with Gasteiger partial charge in [-0.25, -0.2) is 0 Å². The predicted octanol–water partition coefficient (Wildman–Crippen LogP) is 3.41. The van der Waals surface area contributed by atoms with Crippen LogP contribution >= 0.6 is 27.7 Å². The summed E-state index contributed by atoms with van der Waals surface area (Å²) in [6.07, 6.45) is 1.65. The van der Waals surface area contributed by atoms with Gasteiger partial charge in [0, 0.05) is 15.1 Å². The molecule has 1 aliphatic rings. The molecule has 1 aliphatic carbocycles. The molecule has 0 unspecified atom stereocenters. The molecule has 1 aromatic rings. The molecule has 15 heavy (non-hydrogen) atoms. The van der Waals surface area contributed by atoms with Crippen LogP contribution in [0.15, 0.2) is 33.6 Å². The van der Waals surface area contributed by atoms with E-state index in [-0.39, 0.29) is 0 Å². The average molecular weight is 287 g/mol. The lowest BCUT2D eigenvalue weighted by molar-refractivity contribution is -0.142. The second-order valence-electron chi connectivity index (χ2n) is 3.83. The molecule has 0 amide bonds. The van der Waals surface area contributed by atoms with Gasteiger partial charge < -0.3 is 5.11 Å². The Morgan fingerprint density at radius 1 is 1.40 bits per heavy atom. The highest BCUT2D eigenvalue weighted by Crippen LogP contribution is 2.49. The molecule has 80 valence electrons. The topological polar surface area (TPSA) is 37.3 Å². The van der Waals surface area contributed by atoms with Crippen molar-refractivity contribution < 1.29 is 9.90 Å². The molecule has 1 aromatic carbocycles. The molecule has 0 aromatic heterocycles. The molecular weight excluding hydrogens is 276 g/mol. The monoisotopic (exact) mass is 286 g/mol. The maximum Gasteiger partial charge on any atom is 0.310 e. The van der Waals surface area contributed by atoms with Crippen LogP contribution in [-0.2, 0) is 4.79 Å². The molecule has 0 aliphatic heterocycles. The van der Waals surface area contributed by atoms with E-state index in [2.05, 4.69) is 15.9 Å². The summed E-state index contributed by atoms with van der Waals surface area (Å²) in [7, 11) is 0. The third-order valence-corrected chi connectivity index (χ3v) is 4.47. The lowest BCUT2D eigenvalue weighted by Crippen LogP contribution is -2.17. The molecule has 4 heteroatoms. The van der Waals surface area contributed by atoms with Gasteiger partial charge in [-0.05, 0) is 37.1 Å². The lowest BCUT2D eigenvalue weighted by Gasteiger charge is -2.08. The second kappa shape index (κ2) is 4.18. The number of hydrogen-bond donors (Lipinski definition) is 1. The van der Waals surface area contributed by atoms with E-state index in [0.717, 1.165) is 22.2 Å². The summed E-state index contributed by atoms with van der Waals surface area (Å²) in [6.45, 7) is 0. The molecule has 2 nitrogen and oxygen atoms in total. The number of rotatable bonds is 4. The number of hydrogen-bond acceptors (Lipinski definition) is 2. The maximum atomic E-state index is 10.9. The number of carbonyl (C=O) groups is 1. The Labute approximate surface area is 101 Å². The minimum atomic E-state index is -0.646. The molecule has 2 rings (SSSR count). The number of carboxylic acids is 1. The van der Waals surface area contributed by atoms with Crippen molar-refractivity contribution in [3.63, 3.8) is 0 Å². The van der Waals surface area contributed by atoms with Crippen molar-refractivity contribution in [2.45, 2.75) is 17.7 Å². The van der Waals surface area contributed by atoms with Gasteiger partial charge in [-0.3, -0.25) is 4.79 Å². The van der Waals surface area contributed by atoms with Gasteiger partial charge in [-0.15, -0.1) is 11.8 Å². The summed E-state index contributed by atoms with van der Waals surface area (Å²) in [4.78, 5) is 12.1. The SMILES string of the molecule is O=C(O)C1(CSc2ccc(Br)cc2)CC1. The Balaban J connectivity index is 1.94.